The average Bonchev–Trinajstić information content (AvgIpc) is 2.67. The molecule has 2 aromatic heterocycles. The van der Waals surface area contributed by atoms with Crippen molar-refractivity contribution in [2.45, 2.75) is 0 Å². The van der Waals surface area contributed by atoms with Crippen LogP contribution in [0.25, 0.3) is 5.82 Å². The van der Waals surface area contributed by atoms with Gasteiger partial charge in [0.2, 0.25) is 0 Å². The van der Waals surface area contributed by atoms with E-state index in [1.165, 1.54) is 10.7 Å². The summed E-state index contributed by atoms with van der Waals surface area (Å²) < 4.78 is 1.41. The molecule has 0 unspecified atom stereocenters. The minimum Gasteiger partial charge on any atom is -0.364 e. The zero-order valence-electron chi connectivity index (χ0n) is 7.59. The van der Waals surface area contributed by atoms with Crippen molar-refractivity contribution in [3.8, 4) is 5.82 Å². The molecule has 0 aliphatic carbocycles. The number of pyridine rings is 1. The van der Waals surface area contributed by atoms with E-state index in [1.807, 2.05) is 0 Å². The highest BCUT2D eigenvalue weighted by atomic mass is 35.5. The first-order valence-electron chi connectivity index (χ1n) is 4.15. The van der Waals surface area contributed by atoms with Crippen LogP contribution in [0.2, 0.25) is 5.02 Å². The number of carbonyl (C=O) groups is 1. The second-order valence-corrected chi connectivity index (χ2v) is 3.23. The maximum absolute atomic E-state index is 10.8. The number of primary amides is 1. The molecule has 0 aliphatic rings. The second kappa shape index (κ2) is 3.70. The molecule has 0 fully saturated rings. The van der Waals surface area contributed by atoms with Gasteiger partial charge in [-0.1, -0.05) is 11.6 Å². The molecule has 0 spiro atoms. The molecule has 15 heavy (non-hydrogen) atoms. The summed E-state index contributed by atoms with van der Waals surface area (Å²) in [5, 5.41) is 4.39. The largest absolute Gasteiger partial charge is 0.364 e. The second-order valence-electron chi connectivity index (χ2n) is 2.82. The lowest BCUT2D eigenvalue weighted by Gasteiger charge is -2.01. The van der Waals surface area contributed by atoms with Gasteiger partial charge < -0.3 is 5.73 Å². The van der Waals surface area contributed by atoms with Crippen LogP contribution in [0.15, 0.2) is 30.6 Å². The average molecular weight is 223 g/mol. The smallest absolute Gasteiger partial charge is 0.269 e. The maximum atomic E-state index is 10.8. The molecule has 2 rings (SSSR count). The molecular weight excluding hydrogens is 216 g/mol. The molecule has 2 heterocycles. The standard InChI is InChI=1S/C9H7ClN4O/c10-6-2-1-4-12-9(6)14-5-3-7(13-14)8(11)15/h1-5H,(H2,11,15). The topological polar surface area (TPSA) is 73.8 Å². The molecule has 2 N–H and O–H groups in total. The van der Waals surface area contributed by atoms with E-state index in [4.69, 9.17) is 17.3 Å². The van der Waals surface area contributed by atoms with Gasteiger partial charge in [0.1, 0.15) is 5.69 Å². The van der Waals surface area contributed by atoms with E-state index >= 15 is 0 Å². The number of aromatic nitrogens is 3. The van der Waals surface area contributed by atoms with Crippen molar-refractivity contribution in [3.63, 3.8) is 0 Å². The van der Waals surface area contributed by atoms with Gasteiger partial charge in [-0.25, -0.2) is 9.67 Å². The summed E-state index contributed by atoms with van der Waals surface area (Å²) in [7, 11) is 0. The van der Waals surface area contributed by atoms with Crippen LogP contribution in [-0.4, -0.2) is 20.7 Å². The van der Waals surface area contributed by atoms with Gasteiger partial charge in [0, 0.05) is 12.4 Å². The van der Waals surface area contributed by atoms with Gasteiger partial charge in [0.05, 0.1) is 5.02 Å². The van der Waals surface area contributed by atoms with Crippen LogP contribution >= 0.6 is 11.6 Å². The Hall–Kier alpha value is -1.88. The Labute approximate surface area is 90.5 Å². The summed E-state index contributed by atoms with van der Waals surface area (Å²) in [5.74, 6) is -0.118. The van der Waals surface area contributed by atoms with Crippen LogP contribution in [0.1, 0.15) is 10.5 Å². The predicted molar refractivity (Wildman–Crippen MR) is 54.9 cm³/mol. The molecule has 2 aromatic rings. The van der Waals surface area contributed by atoms with Crippen LogP contribution < -0.4 is 5.73 Å². The van der Waals surface area contributed by atoms with E-state index in [2.05, 4.69) is 10.1 Å². The van der Waals surface area contributed by atoms with E-state index < -0.39 is 5.91 Å². The minimum absolute atomic E-state index is 0.178. The zero-order chi connectivity index (χ0) is 10.8. The fraction of sp³-hybridized carbons (Fsp3) is 0. The van der Waals surface area contributed by atoms with Gasteiger partial charge in [-0.2, -0.15) is 5.10 Å². The summed E-state index contributed by atoms with van der Waals surface area (Å²) in [6, 6.07) is 4.91. The van der Waals surface area contributed by atoms with Crippen molar-refractivity contribution >= 4 is 17.5 Å². The quantitative estimate of drug-likeness (QED) is 0.825. The number of halogens is 1. The van der Waals surface area contributed by atoms with E-state index in [0.29, 0.717) is 10.8 Å². The summed E-state index contributed by atoms with van der Waals surface area (Å²) in [5.41, 5.74) is 5.25. The van der Waals surface area contributed by atoms with E-state index in [9.17, 15) is 4.79 Å². The van der Waals surface area contributed by atoms with Crippen molar-refractivity contribution in [3.05, 3.63) is 41.3 Å². The molecule has 0 aliphatic heterocycles. The Balaban J connectivity index is 2.46. The highest BCUT2D eigenvalue weighted by Crippen LogP contribution is 2.16. The number of amides is 1. The lowest BCUT2D eigenvalue weighted by atomic mass is 10.4. The summed E-state index contributed by atoms with van der Waals surface area (Å²) >= 11 is 5.91. The molecular formula is C9H7ClN4O. The molecule has 76 valence electrons. The Morgan fingerprint density at radius 1 is 1.47 bits per heavy atom. The third-order valence-electron chi connectivity index (χ3n) is 1.80. The molecule has 0 atom stereocenters. The van der Waals surface area contributed by atoms with Gasteiger partial charge in [-0.15, -0.1) is 0 Å². The van der Waals surface area contributed by atoms with Gasteiger partial charge in [-0.05, 0) is 18.2 Å². The van der Waals surface area contributed by atoms with Gasteiger partial charge >= 0.3 is 0 Å². The van der Waals surface area contributed by atoms with Crippen LogP contribution in [0, 0.1) is 0 Å². The Bertz CT molecular complexity index is 508. The van der Waals surface area contributed by atoms with Crippen LogP contribution in [0.3, 0.4) is 0 Å². The summed E-state index contributed by atoms with van der Waals surface area (Å²) in [4.78, 5) is 14.9. The molecule has 0 saturated heterocycles. The normalized spacial score (nSPS) is 10.2. The first-order chi connectivity index (χ1) is 7.18. The van der Waals surface area contributed by atoms with Crippen molar-refractivity contribution in [2.24, 2.45) is 5.73 Å². The van der Waals surface area contributed by atoms with E-state index in [-0.39, 0.29) is 5.69 Å². The van der Waals surface area contributed by atoms with Crippen LogP contribution in [-0.2, 0) is 0 Å². The van der Waals surface area contributed by atoms with E-state index in [1.54, 1.807) is 24.5 Å². The van der Waals surface area contributed by atoms with Gasteiger partial charge in [0.15, 0.2) is 5.82 Å². The molecule has 5 nitrogen and oxygen atoms in total. The molecule has 6 heteroatoms. The third-order valence-corrected chi connectivity index (χ3v) is 2.09. The van der Waals surface area contributed by atoms with Crippen molar-refractivity contribution < 1.29 is 4.79 Å². The highest BCUT2D eigenvalue weighted by Gasteiger charge is 2.08. The van der Waals surface area contributed by atoms with Crippen molar-refractivity contribution in [2.75, 3.05) is 0 Å². The van der Waals surface area contributed by atoms with Crippen molar-refractivity contribution in [1.82, 2.24) is 14.8 Å². The Kier molecular flexibility index (Phi) is 2.39. The predicted octanol–water partition coefficient (Wildman–Crippen LogP) is 1.02. The number of nitrogens with two attached hydrogens (primary N) is 1. The molecule has 0 aromatic carbocycles. The van der Waals surface area contributed by atoms with Gasteiger partial charge in [0.25, 0.3) is 5.91 Å². The first-order valence-corrected chi connectivity index (χ1v) is 4.52. The lowest BCUT2D eigenvalue weighted by Crippen LogP contribution is -2.12. The Morgan fingerprint density at radius 2 is 2.27 bits per heavy atom. The zero-order valence-corrected chi connectivity index (χ0v) is 8.35. The Morgan fingerprint density at radius 3 is 2.87 bits per heavy atom. The molecule has 0 radical (unpaired) electrons. The lowest BCUT2D eigenvalue weighted by molar-refractivity contribution is 0.0995. The van der Waals surface area contributed by atoms with E-state index in [0.717, 1.165) is 0 Å². The first kappa shape index (κ1) is 9.67. The SMILES string of the molecule is NC(=O)c1ccn(-c2ncccc2Cl)n1. The summed E-state index contributed by atoms with van der Waals surface area (Å²) in [6.45, 7) is 0. The monoisotopic (exact) mass is 222 g/mol. The third kappa shape index (κ3) is 1.82. The maximum Gasteiger partial charge on any atom is 0.269 e. The molecule has 0 bridgehead atoms. The number of nitrogens with zero attached hydrogens (tertiary/aromatic N) is 3. The minimum atomic E-state index is -0.583. The molecule has 0 saturated carbocycles. The summed E-state index contributed by atoms with van der Waals surface area (Å²) in [6.07, 6.45) is 3.17. The number of hydrogen-bond acceptors (Lipinski definition) is 3. The highest BCUT2D eigenvalue weighted by molar-refractivity contribution is 6.32. The van der Waals surface area contributed by atoms with Crippen LogP contribution in [0.5, 0.6) is 0 Å². The fourth-order valence-corrected chi connectivity index (χ4v) is 1.33. The van der Waals surface area contributed by atoms with Gasteiger partial charge in [-0.3, -0.25) is 4.79 Å². The van der Waals surface area contributed by atoms with Crippen molar-refractivity contribution in [1.29, 1.82) is 0 Å². The fourth-order valence-electron chi connectivity index (χ4n) is 1.12. The number of hydrogen-bond donors (Lipinski definition) is 1. The molecule has 1 amide bonds. The number of rotatable bonds is 2. The number of carbonyl (C=O) groups excluding carboxylic acids is 1. The van der Waals surface area contributed by atoms with Crippen LogP contribution in [0.4, 0.5) is 0 Å².